The molecule has 0 unspecified atom stereocenters. The molecule has 26 heavy (non-hydrogen) atoms. The van der Waals surface area contributed by atoms with Gasteiger partial charge in [-0.2, -0.15) is 0 Å². The number of methoxy groups -OCH3 is 1. The Kier molecular flexibility index (Phi) is 5.99. The number of benzene rings is 2. The van der Waals surface area contributed by atoms with Gasteiger partial charge in [0.25, 0.3) is 0 Å². The Bertz CT molecular complexity index is 907. The van der Waals surface area contributed by atoms with Crippen molar-refractivity contribution < 1.29 is 22.7 Å². The first kappa shape index (κ1) is 19.5. The summed E-state index contributed by atoms with van der Waals surface area (Å²) in [4.78, 5) is 23.7. The number of nitrogens with zero attached hydrogens (tertiary/aromatic N) is 1. The van der Waals surface area contributed by atoms with Crippen LogP contribution >= 0.6 is 0 Å². The molecule has 0 radical (unpaired) electrons. The van der Waals surface area contributed by atoms with Crippen molar-refractivity contribution in [3.05, 3.63) is 59.7 Å². The van der Waals surface area contributed by atoms with Crippen LogP contribution in [0.1, 0.15) is 15.9 Å². The molecule has 0 atom stereocenters. The Morgan fingerprint density at radius 2 is 1.77 bits per heavy atom. The molecule has 0 aromatic heterocycles. The normalized spacial score (nSPS) is 10.9. The number of aryl methyl sites for hydroxylation is 1. The van der Waals surface area contributed by atoms with Crippen LogP contribution in [0.3, 0.4) is 0 Å². The summed E-state index contributed by atoms with van der Waals surface area (Å²) in [7, 11) is -2.35. The molecule has 0 heterocycles. The highest BCUT2D eigenvalue weighted by Gasteiger charge is 2.21. The summed E-state index contributed by atoms with van der Waals surface area (Å²) in [6.07, 6.45) is 1.05. The van der Waals surface area contributed by atoms with Gasteiger partial charge in [-0.25, -0.2) is 13.2 Å². The molecule has 0 spiro atoms. The van der Waals surface area contributed by atoms with Crippen molar-refractivity contribution in [1.82, 2.24) is 0 Å². The number of carbonyl (C=O) groups is 2. The number of esters is 1. The van der Waals surface area contributed by atoms with Crippen LogP contribution in [-0.2, 0) is 19.6 Å². The molecule has 0 aliphatic rings. The number of nitrogens with one attached hydrogen (secondary N) is 1. The summed E-state index contributed by atoms with van der Waals surface area (Å²) in [6, 6.07) is 13.0. The molecule has 0 bridgehead atoms. The van der Waals surface area contributed by atoms with E-state index in [0.29, 0.717) is 16.9 Å². The lowest BCUT2D eigenvalue weighted by atomic mass is 10.2. The van der Waals surface area contributed by atoms with Crippen LogP contribution in [0.5, 0.6) is 0 Å². The Hall–Kier alpha value is -2.87. The van der Waals surface area contributed by atoms with Crippen molar-refractivity contribution in [2.45, 2.75) is 6.92 Å². The summed E-state index contributed by atoms with van der Waals surface area (Å²) in [5, 5.41) is 2.62. The first-order valence-corrected chi connectivity index (χ1v) is 9.58. The van der Waals surface area contributed by atoms with E-state index in [0.717, 1.165) is 16.1 Å². The number of ether oxygens (including phenoxy) is 1. The average molecular weight is 376 g/mol. The van der Waals surface area contributed by atoms with Gasteiger partial charge < -0.3 is 10.1 Å². The van der Waals surface area contributed by atoms with Gasteiger partial charge in [-0.1, -0.05) is 12.1 Å². The highest BCUT2D eigenvalue weighted by Crippen LogP contribution is 2.19. The minimum atomic E-state index is -3.63. The number of hydrogen-bond donors (Lipinski definition) is 1. The van der Waals surface area contributed by atoms with Crippen LogP contribution in [-0.4, -0.2) is 40.2 Å². The van der Waals surface area contributed by atoms with Crippen molar-refractivity contribution in [2.75, 3.05) is 29.5 Å². The topological polar surface area (TPSA) is 92.8 Å². The van der Waals surface area contributed by atoms with Gasteiger partial charge in [-0.15, -0.1) is 0 Å². The SMILES string of the molecule is COC(=O)c1ccc(NC(=O)CN(c2cccc(C)c2)S(C)(=O)=O)cc1. The minimum Gasteiger partial charge on any atom is -0.465 e. The van der Waals surface area contributed by atoms with Gasteiger partial charge in [0.2, 0.25) is 15.9 Å². The maximum absolute atomic E-state index is 12.3. The largest absolute Gasteiger partial charge is 0.465 e. The van der Waals surface area contributed by atoms with E-state index in [4.69, 9.17) is 0 Å². The van der Waals surface area contributed by atoms with Gasteiger partial charge in [0.05, 0.1) is 24.6 Å². The van der Waals surface area contributed by atoms with E-state index >= 15 is 0 Å². The van der Waals surface area contributed by atoms with E-state index in [9.17, 15) is 18.0 Å². The van der Waals surface area contributed by atoms with E-state index in [2.05, 4.69) is 10.1 Å². The molecule has 2 rings (SSSR count). The zero-order valence-corrected chi connectivity index (χ0v) is 15.5. The zero-order chi connectivity index (χ0) is 19.3. The van der Waals surface area contributed by atoms with Crippen molar-refractivity contribution >= 4 is 33.3 Å². The van der Waals surface area contributed by atoms with E-state index in [1.165, 1.54) is 19.2 Å². The molecule has 0 saturated carbocycles. The van der Waals surface area contributed by atoms with Crippen LogP contribution < -0.4 is 9.62 Å². The van der Waals surface area contributed by atoms with Gasteiger partial charge in [0.15, 0.2) is 0 Å². The molecule has 7 nitrogen and oxygen atoms in total. The molecule has 2 aromatic carbocycles. The summed E-state index contributed by atoms with van der Waals surface area (Å²) >= 11 is 0. The second-order valence-corrected chi connectivity index (χ2v) is 7.63. The van der Waals surface area contributed by atoms with Crippen LogP contribution in [0.2, 0.25) is 0 Å². The van der Waals surface area contributed by atoms with E-state index in [-0.39, 0.29) is 6.54 Å². The number of hydrogen-bond acceptors (Lipinski definition) is 5. The summed E-state index contributed by atoms with van der Waals surface area (Å²) in [5.74, 6) is -0.978. The fraction of sp³-hybridized carbons (Fsp3) is 0.222. The maximum Gasteiger partial charge on any atom is 0.337 e. The fourth-order valence-corrected chi connectivity index (χ4v) is 3.17. The van der Waals surface area contributed by atoms with Crippen LogP contribution in [0.15, 0.2) is 48.5 Å². The Balaban J connectivity index is 2.14. The Morgan fingerprint density at radius 3 is 2.31 bits per heavy atom. The monoisotopic (exact) mass is 376 g/mol. The first-order chi connectivity index (χ1) is 12.2. The van der Waals surface area contributed by atoms with Crippen LogP contribution in [0.4, 0.5) is 11.4 Å². The Labute approximate surface area is 152 Å². The van der Waals surface area contributed by atoms with Crippen molar-refractivity contribution in [3.8, 4) is 0 Å². The highest BCUT2D eigenvalue weighted by atomic mass is 32.2. The third kappa shape index (κ3) is 5.06. The smallest absolute Gasteiger partial charge is 0.337 e. The predicted octanol–water partition coefficient (Wildman–Crippen LogP) is 2.19. The zero-order valence-electron chi connectivity index (χ0n) is 14.7. The summed E-state index contributed by atoms with van der Waals surface area (Å²) in [6.45, 7) is 1.48. The van der Waals surface area contributed by atoms with Gasteiger partial charge in [-0.3, -0.25) is 9.10 Å². The van der Waals surface area contributed by atoms with Gasteiger partial charge in [0.1, 0.15) is 6.54 Å². The lowest BCUT2D eigenvalue weighted by Gasteiger charge is -2.22. The summed E-state index contributed by atoms with van der Waals surface area (Å²) < 4.78 is 29.8. The van der Waals surface area contributed by atoms with Gasteiger partial charge in [0, 0.05) is 5.69 Å². The van der Waals surface area contributed by atoms with Gasteiger partial charge >= 0.3 is 5.97 Å². The molecular weight excluding hydrogens is 356 g/mol. The van der Waals surface area contributed by atoms with Gasteiger partial charge in [-0.05, 0) is 48.9 Å². The third-order valence-corrected chi connectivity index (χ3v) is 4.71. The lowest BCUT2D eigenvalue weighted by Crippen LogP contribution is -2.37. The minimum absolute atomic E-state index is 0.350. The predicted molar refractivity (Wildman–Crippen MR) is 99.8 cm³/mol. The second-order valence-electron chi connectivity index (χ2n) is 5.73. The third-order valence-electron chi connectivity index (χ3n) is 3.57. The summed E-state index contributed by atoms with van der Waals surface area (Å²) in [5.41, 5.74) is 2.10. The quantitative estimate of drug-likeness (QED) is 0.780. The van der Waals surface area contributed by atoms with Crippen molar-refractivity contribution in [3.63, 3.8) is 0 Å². The molecule has 8 heteroatoms. The van der Waals surface area contributed by atoms with E-state index in [1.54, 1.807) is 30.3 Å². The Morgan fingerprint density at radius 1 is 1.12 bits per heavy atom. The van der Waals surface area contributed by atoms with E-state index in [1.807, 2.05) is 13.0 Å². The number of rotatable bonds is 6. The maximum atomic E-state index is 12.3. The number of carbonyl (C=O) groups excluding carboxylic acids is 2. The molecule has 138 valence electrons. The molecule has 1 N–H and O–H groups in total. The molecule has 0 saturated heterocycles. The second kappa shape index (κ2) is 8.01. The van der Waals surface area contributed by atoms with Crippen molar-refractivity contribution in [1.29, 1.82) is 0 Å². The number of sulfonamides is 1. The number of amides is 1. The molecule has 0 fully saturated rings. The average Bonchev–Trinajstić information content (AvgIpc) is 2.58. The lowest BCUT2D eigenvalue weighted by molar-refractivity contribution is -0.114. The standard InChI is InChI=1S/C18H20N2O5S/c1-13-5-4-6-16(11-13)20(26(3,23)24)12-17(21)19-15-9-7-14(8-10-15)18(22)25-2/h4-11H,12H2,1-3H3,(H,19,21). The van der Waals surface area contributed by atoms with Crippen LogP contribution in [0, 0.1) is 6.92 Å². The van der Waals surface area contributed by atoms with E-state index < -0.39 is 21.9 Å². The number of anilines is 2. The molecular formula is C18H20N2O5S. The van der Waals surface area contributed by atoms with Crippen LogP contribution in [0.25, 0.3) is 0 Å². The molecule has 0 aliphatic carbocycles. The first-order valence-electron chi connectivity index (χ1n) is 7.73. The fourth-order valence-electron chi connectivity index (χ4n) is 2.32. The molecule has 2 aromatic rings. The molecule has 1 amide bonds. The van der Waals surface area contributed by atoms with Crippen molar-refractivity contribution in [2.24, 2.45) is 0 Å². The highest BCUT2D eigenvalue weighted by molar-refractivity contribution is 7.92. The molecule has 0 aliphatic heterocycles.